The van der Waals surface area contributed by atoms with E-state index >= 15 is 0 Å². The van der Waals surface area contributed by atoms with Gasteiger partial charge in [-0.25, -0.2) is 4.98 Å². The van der Waals surface area contributed by atoms with Crippen LogP contribution in [0.25, 0.3) is 11.1 Å². The van der Waals surface area contributed by atoms with Gasteiger partial charge in [0.15, 0.2) is 5.01 Å². The molecule has 0 saturated carbocycles. The summed E-state index contributed by atoms with van der Waals surface area (Å²) in [6.45, 7) is 5.66. The molecule has 2 amide bonds. The highest BCUT2D eigenvalue weighted by molar-refractivity contribution is 7.11. The lowest BCUT2D eigenvalue weighted by molar-refractivity contribution is -0.117. The topological polar surface area (TPSA) is 69.6 Å². The van der Waals surface area contributed by atoms with Crippen LogP contribution in [0.15, 0.2) is 54.3 Å². The highest BCUT2D eigenvalue weighted by atomic mass is 32.1. The normalized spacial score (nSPS) is 19.5. The van der Waals surface area contributed by atoms with E-state index < -0.39 is 0 Å². The van der Waals surface area contributed by atoms with Gasteiger partial charge in [-0.2, -0.15) is 0 Å². The molecule has 164 valence electrons. The fraction of sp³-hybridized carbons (Fsp3) is 0.333. The lowest BCUT2D eigenvalue weighted by Crippen LogP contribution is -2.52. The quantitative estimate of drug-likeness (QED) is 0.615. The Bertz CT molecular complexity index is 1110. The van der Waals surface area contributed by atoms with Gasteiger partial charge in [-0.05, 0) is 36.2 Å². The first-order valence-corrected chi connectivity index (χ1v) is 11.7. The average Bonchev–Trinajstić information content (AvgIpc) is 3.50. The Balaban J connectivity index is 1.21. The zero-order chi connectivity index (χ0) is 22.1. The van der Waals surface area contributed by atoms with Gasteiger partial charge in [0.2, 0.25) is 5.91 Å². The maximum absolute atomic E-state index is 12.8. The molecule has 3 aromatic rings. The van der Waals surface area contributed by atoms with Gasteiger partial charge in [0.1, 0.15) is 0 Å². The van der Waals surface area contributed by atoms with Gasteiger partial charge in [0, 0.05) is 80.4 Å². The Morgan fingerprint density at radius 1 is 1.06 bits per heavy atom. The predicted molar refractivity (Wildman–Crippen MR) is 125 cm³/mol. The first-order chi connectivity index (χ1) is 15.6. The molecule has 1 atom stereocenters. The van der Waals surface area contributed by atoms with E-state index in [1.54, 1.807) is 12.4 Å². The van der Waals surface area contributed by atoms with Crippen molar-refractivity contribution in [3.63, 3.8) is 0 Å². The Labute approximate surface area is 191 Å². The molecule has 0 spiro atoms. The number of aromatic nitrogens is 2. The standard InChI is InChI=1S/C24H25N5O2S/c1-17-6-7-25-15-21(17)18-2-4-19(5-3-18)29-16-20(14-22(29)30)27-9-11-28(12-10-27)24(31)23-26-8-13-32-23/h2-8,13,15,20H,9-12,14,16H2,1H3. The van der Waals surface area contributed by atoms with Gasteiger partial charge in [-0.3, -0.25) is 19.5 Å². The largest absolute Gasteiger partial charge is 0.334 e. The molecule has 0 aliphatic carbocycles. The molecule has 7 nitrogen and oxygen atoms in total. The molecule has 1 unspecified atom stereocenters. The summed E-state index contributed by atoms with van der Waals surface area (Å²) in [6.07, 6.45) is 5.85. The van der Waals surface area contributed by atoms with E-state index in [1.807, 2.05) is 39.6 Å². The number of amides is 2. The molecule has 0 bridgehead atoms. The molecule has 2 saturated heterocycles. The summed E-state index contributed by atoms with van der Waals surface area (Å²) in [6, 6.07) is 10.3. The second-order valence-corrected chi connectivity index (χ2v) is 9.16. The lowest BCUT2D eigenvalue weighted by atomic mass is 10.0. The van der Waals surface area contributed by atoms with Crippen molar-refractivity contribution < 1.29 is 9.59 Å². The molecule has 1 aromatic carbocycles. The number of anilines is 1. The second-order valence-electron chi connectivity index (χ2n) is 8.27. The SMILES string of the molecule is Cc1ccncc1-c1ccc(N2CC(N3CCN(C(=O)c4nccs4)CC3)CC2=O)cc1. The molecule has 32 heavy (non-hydrogen) atoms. The molecule has 5 rings (SSSR count). The molecular formula is C24H25N5O2S. The average molecular weight is 448 g/mol. The summed E-state index contributed by atoms with van der Waals surface area (Å²) in [4.78, 5) is 39.8. The number of pyridine rings is 1. The highest BCUT2D eigenvalue weighted by Gasteiger charge is 2.36. The number of hydrogen-bond donors (Lipinski definition) is 0. The summed E-state index contributed by atoms with van der Waals surface area (Å²) >= 11 is 1.38. The first-order valence-electron chi connectivity index (χ1n) is 10.8. The number of benzene rings is 1. The third-order valence-electron chi connectivity index (χ3n) is 6.37. The predicted octanol–water partition coefficient (Wildman–Crippen LogP) is 3.08. The smallest absolute Gasteiger partial charge is 0.282 e. The molecule has 0 radical (unpaired) electrons. The molecule has 2 aromatic heterocycles. The van der Waals surface area contributed by atoms with Gasteiger partial charge >= 0.3 is 0 Å². The maximum atomic E-state index is 12.8. The van der Waals surface area contributed by atoms with E-state index in [4.69, 9.17) is 0 Å². The first kappa shape index (κ1) is 20.8. The van der Waals surface area contributed by atoms with E-state index in [2.05, 4.69) is 33.9 Å². The summed E-state index contributed by atoms with van der Waals surface area (Å²) in [5.41, 5.74) is 4.32. The van der Waals surface area contributed by atoms with Crippen molar-refractivity contribution in [2.24, 2.45) is 0 Å². The van der Waals surface area contributed by atoms with Gasteiger partial charge in [0.25, 0.3) is 5.91 Å². The number of hydrogen-bond acceptors (Lipinski definition) is 6. The van der Waals surface area contributed by atoms with Crippen LogP contribution in [0.1, 0.15) is 21.8 Å². The minimum absolute atomic E-state index is 0.00715. The fourth-order valence-electron chi connectivity index (χ4n) is 4.52. The highest BCUT2D eigenvalue weighted by Crippen LogP contribution is 2.29. The Morgan fingerprint density at radius 2 is 1.84 bits per heavy atom. The van der Waals surface area contributed by atoms with Gasteiger partial charge in [0.05, 0.1) is 0 Å². The van der Waals surface area contributed by atoms with Crippen LogP contribution in [-0.4, -0.2) is 70.3 Å². The van der Waals surface area contributed by atoms with Crippen LogP contribution < -0.4 is 4.90 Å². The molecular weight excluding hydrogens is 422 g/mol. The van der Waals surface area contributed by atoms with E-state index in [1.165, 1.54) is 16.9 Å². The Kier molecular flexibility index (Phi) is 5.71. The number of piperazine rings is 1. The third-order valence-corrected chi connectivity index (χ3v) is 7.13. The molecule has 2 aliphatic heterocycles. The number of nitrogens with zero attached hydrogens (tertiary/aromatic N) is 5. The van der Waals surface area contributed by atoms with Crippen molar-refractivity contribution in [2.45, 2.75) is 19.4 Å². The molecule has 8 heteroatoms. The van der Waals surface area contributed by atoms with Crippen molar-refractivity contribution in [3.8, 4) is 11.1 Å². The monoisotopic (exact) mass is 447 g/mol. The van der Waals surface area contributed by atoms with E-state index in [0.717, 1.165) is 29.9 Å². The number of carbonyl (C=O) groups is 2. The van der Waals surface area contributed by atoms with Gasteiger partial charge < -0.3 is 9.80 Å². The summed E-state index contributed by atoms with van der Waals surface area (Å²) in [5, 5.41) is 2.37. The number of aryl methyl sites for hydroxylation is 1. The van der Waals surface area contributed by atoms with Crippen LogP contribution in [-0.2, 0) is 4.79 Å². The van der Waals surface area contributed by atoms with E-state index in [0.29, 0.717) is 31.1 Å². The second kappa shape index (κ2) is 8.80. The third kappa shape index (κ3) is 4.03. The number of thiazole rings is 1. The van der Waals surface area contributed by atoms with E-state index in [9.17, 15) is 9.59 Å². The summed E-state index contributed by atoms with van der Waals surface area (Å²) in [7, 11) is 0. The molecule has 4 heterocycles. The zero-order valence-corrected chi connectivity index (χ0v) is 18.8. The molecule has 0 N–H and O–H groups in total. The van der Waals surface area contributed by atoms with Gasteiger partial charge in [-0.1, -0.05) is 12.1 Å². The lowest BCUT2D eigenvalue weighted by Gasteiger charge is -2.37. The Hall–Kier alpha value is -3.10. The number of rotatable bonds is 4. The summed E-state index contributed by atoms with van der Waals surface area (Å²) in [5.74, 6) is 0.161. The van der Waals surface area contributed by atoms with Crippen LogP contribution in [0.2, 0.25) is 0 Å². The van der Waals surface area contributed by atoms with Crippen molar-refractivity contribution in [1.82, 2.24) is 19.8 Å². The van der Waals surface area contributed by atoms with Crippen LogP contribution in [0.3, 0.4) is 0 Å². The minimum Gasteiger partial charge on any atom is -0.334 e. The summed E-state index contributed by atoms with van der Waals surface area (Å²) < 4.78 is 0. The van der Waals surface area contributed by atoms with Crippen LogP contribution in [0, 0.1) is 6.92 Å². The van der Waals surface area contributed by atoms with Crippen LogP contribution in [0.5, 0.6) is 0 Å². The fourth-order valence-corrected chi connectivity index (χ4v) is 5.13. The molecule has 2 aliphatic rings. The minimum atomic E-state index is 0.00715. The van der Waals surface area contributed by atoms with Crippen molar-refractivity contribution in [3.05, 3.63) is 64.9 Å². The van der Waals surface area contributed by atoms with Crippen LogP contribution in [0.4, 0.5) is 5.69 Å². The Morgan fingerprint density at radius 3 is 2.53 bits per heavy atom. The molecule has 2 fully saturated rings. The zero-order valence-electron chi connectivity index (χ0n) is 18.0. The maximum Gasteiger partial charge on any atom is 0.282 e. The van der Waals surface area contributed by atoms with Crippen molar-refractivity contribution >= 4 is 28.8 Å². The van der Waals surface area contributed by atoms with E-state index in [-0.39, 0.29) is 17.9 Å². The van der Waals surface area contributed by atoms with Crippen molar-refractivity contribution in [1.29, 1.82) is 0 Å². The number of carbonyl (C=O) groups excluding carboxylic acids is 2. The van der Waals surface area contributed by atoms with Gasteiger partial charge in [-0.15, -0.1) is 11.3 Å². The van der Waals surface area contributed by atoms with Crippen LogP contribution >= 0.6 is 11.3 Å². The van der Waals surface area contributed by atoms with Crippen molar-refractivity contribution in [2.75, 3.05) is 37.6 Å².